The highest BCUT2D eigenvalue weighted by molar-refractivity contribution is 6.13. The van der Waals surface area contributed by atoms with Gasteiger partial charge in [0.05, 0.1) is 13.7 Å². The lowest BCUT2D eigenvalue weighted by molar-refractivity contribution is -0.162. The molecule has 0 radical (unpaired) electrons. The number of esters is 1. The molecule has 0 saturated heterocycles. The Morgan fingerprint density at radius 2 is 1.85 bits per heavy atom. The molecule has 4 heteroatoms. The molecule has 2 aliphatic rings. The van der Waals surface area contributed by atoms with E-state index in [4.69, 9.17) is 4.74 Å². The van der Waals surface area contributed by atoms with Crippen LogP contribution in [0.4, 0.5) is 5.69 Å². The number of carbonyl (C=O) groups excluding carboxylic acids is 2. The van der Waals surface area contributed by atoms with Crippen molar-refractivity contribution in [1.82, 2.24) is 0 Å². The number of ether oxygens (including phenoxy) is 1. The van der Waals surface area contributed by atoms with Gasteiger partial charge in [0.15, 0.2) is 5.41 Å². The summed E-state index contributed by atoms with van der Waals surface area (Å²) in [4.78, 5) is 28.3. The number of anilines is 1. The van der Waals surface area contributed by atoms with Crippen molar-refractivity contribution in [3.63, 3.8) is 0 Å². The summed E-state index contributed by atoms with van der Waals surface area (Å²) in [5.41, 5.74) is 1.97. The average molecular weight is 349 g/mol. The van der Waals surface area contributed by atoms with Crippen LogP contribution >= 0.6 is 0 Å². The summed E-state index contributed by atoms with van der Waals surface area (Å²) >= 11 is 0. The van der Waals surface area contributed by atoms with Crippen LogP contribution in [0, 0.1) is 5.41 Å². The molecule has 26 heavy (non-hydrogen) atoms. The molecule has 1 unspecified atom stereocenters. The quantitative estimate of drug-likeness (QED) is 0.620. The maximum absolute atomic E-state index is 13.7. The number of nitrogens with zero attached hydrogens (tertiary/aromatic N) is 1. The maximum Gasteiger partial charge on any atom is 0.322 e. The van der Waals surface area contributed by atoms with Crippen molar-refractivity contribution < 1.29 is 14.3 Å². The third-order valence-corrected chi connectivity index (χ3v) is 5.87. The fourth-order valence-electron chi connectivity index (χ4n) is 4.66. The number of rotatable bonds is 3. The molecule has 0 spiro atoms. The SMILES string of the molecule is COC(=O)[C@@]12CCCCC1c1ccccc1N(Cc1ccccc1)C2=O. The Morgan fingerprint density at radius 3 is 2.62 bits per heavy atom. The highest BCUT2D eigenvalue weighted by Gasteiger charge is 2.59. The smallest absolute Gasteiger partial charge is 0.322 e. The van der Waals surface area contributed by atoms with Crippen LogP contribution in [0.5, 0.6) is 0 Å². The number of benzene rings is 2. The Kier molecular flexibility index (Phi) is 4.27. The minimum absolute atomic E-state index is 0.0978. The molecule has 1 amide bonds. The second-order valence-electron chi connectivity index (χ2n) is 7.20. The van der Waals surface area contributed by atoms with Crippen molar-refractivity contribution in [3.05, 3.63) is 65.7 Å². The fraction of sp³-hybridized carbons (Fsp3) is 0.364. The van der Waals surface area contributed by atoms with Gasteiger partial charge in [-0.2, -0.15) is 0 Å². The molecule has 1 saturated carbocycles. The van der Waals surface area contributed by atoms with Crippen LogP contribution in [0.1, 0.15) is 42.7 Å². The number of amides is 1. The Labute approximate surface area is 153 Å². The standard InChI is InChI=1S/C22H23NO3/c1-26-21(25)22-14-8-7-12-18(22)17-11-5-6-13-19(17)23(20(22)24)15-16-9-3-2-4-10-16/h2-6,9-11,13,18H,7-8,12,14-15H2,1H3/t18?,22-/m0/s1. The molecule has 0 N–H and O–H groups in total. The number of carbonyl (C=O) groups is 2. The van der Waals surface area contributed by atoms with Crippen LogP contribution in [-0.4, -0.2) is 19.0 Å². The van der Waals surface area contributed by atoms with Crippen LogP contribution in [-0.2, 0) is 20.9 Å². The molecule has 2 aromatic rings. The summed E-state index contributed by atoms with van der Waals surface area (Å²) in [5, 5.41) is 0. The van der Waals surface area contributed by atoms with Gasteiger partial charge in [0.25, 0.3) is 0 Å². The minimum atomic E-state index is -1.09. The average Bonchev–Trinajstić information content (AvgIpc) is 2.71. The predicted octanol–water partition coefficient (Wildman–Crippen LogP) is 4.05. The molecule has 134 valence electrons. The van der Waals surface area contributed by atoms with Gasteiger partial charge in [-0.25, -0.2) is 0 Å². The van der Waals surface area contributed by atoms with Crippen LogP contribution < -0.4 is 4.90 Å². The Morgan fingerprint density at radius 1 is 1.12 bits per heavy atom. The summed E-state index contributed by atoms with van der Waals surface area (Å²) in [6.07, 6.45) is 3.31. The van der Waals surface area contributed by atoms with Crippen molar-refractivity contribution in [2.24, 2.45) is 5.41 Å². The molecule has 1 fully saturated rings. The van der Waals surface area contributed by atoms with E-state index in [2.05, 4.69) is 6.07 Å². The van der Waals surface area contributed by atoms with Gasteiger partial charge >= 0.3 is 5.97 Å². The highest BCUT2D eigenvalue weighted by atomic mass is 16.5. The maximum atomic E-state index is 13.7. The lowest BCUT2D eigenvalue weighted by atomic mass is 9.60. The second-order valence-corrected chi connectivity index (χ2v) is 7.20. The van der Waals surface area contributed by atoms with Gasteiger partial charge in [0.2, 0.25) is 5.91 Å². The first-order valence-electron chi connectivity index (χ1n) is 9.21. The van der Waals surface area contributed by atoms with E-state index < -0.39 is 5.41 Å². The van der Waals surface area contributed by atoms with Crippen LogP contribution in [0.15, 0.2) is 54.6 Å². The first kappa shape index (κ1) is 16.8. The summed E-state index contributed by atoms with van der Waals surface area (Å²) in [5.74, 6) is -0.601. The van der Waals surface area contributed by atoms with Gasteiger partial charge in [0.1, 0.15) is 0 Å². The normalized spacial score (nSPS) is 24.6. The molecule has 1 heterocycles. The molecule has 0 aromatic heterocycles. The zero-order chi connectivity index (χ0) is 18.1. The summed E-state index contributed by atoms with van der Waals surface area (Å²) in [6.45, 7) is 0.460. The van der Waals surface area contributed by atoms with Gasteiger partial charge in [-0.05, 0) is 30.0 Å². The highest BCUT2D eigenvalue weighted by Crippen LogP contribution is 2.55. The van der Waals surface area contributed by atoms with E-state index >= 15 is 0 Å². The van der Waals surface area contributed by atoms with E-state index in [1.807, 2.05) is 48.5 Å². The summed E-state index contributed by atoms with van der Waals surface area (Å²) in [7, 11) is 1.39. The van der Waals surface area contributed by atoms with E-state index in [0.717, 1.165) is 36.1 Å². The zero-order valence-corrected chi connectivity index (χ0v) is 15.0. The molecular weight excluding hydrogens is 326 g/mol. The summed E-state index contributed by atoms with van der Waals surface area (Å²) < 4.78 is 5.15. The van der Waals surface area contributed by atoms with Crippen molar-refractivity contribution in [1.29, 1.82) is 0 Å². The van der Waals surface area contributed by atoms with Crippen LogP contribution in [0.25, 0.3) is 0 Å². The molecule has 4 rings (SSSR count). The molecule has 1 aliphatic heterocycles. The predicted molar refractivity (Wildman–Crippen MR) is 99.7 cm³/mol. The first-order chi connectivity index (χ1) is 12.7. The number of fused-ring (bicyclic) bond motifs is 3. The summed E-state index contributed by atoms with van der Waals surface area (Å²) in [6, 6.07) is 17.9. The third kappa shape index (κ3) is 2.44. The van der Waals surface area contributed by atoms with Crippen LogP contribution in [0.3, 0.4) is 0 Å². The zero-order valence-electron chi connectivity index (χ0n) is 15.0. The molecule has 1 aliphatic carbocycles. The van der Waals surface area contributed by atoms with E-state index in [-0.39, 0.29) is 17.8 Å². The van der Waals surface area contributed by atoms with Gasteiger partial charge in [0, 0.05) is 11.6 Å². The lowest BCUT2D eigenvalue weighted by Crippen LogP contribution is -2.56. The van der Waals surface area contributed by atoms with E-state index in [9.17, 15) is 9.59 Å². The van der Waals surface area contributed by atoms with Crippen molar-refractivity contribution in [2.75, 3.05) is 12.0 Å². The van der Waals surface area contributed by atoms with Gasteiger partial charge in [-0.15, -0.1) is 0 Å². The van der Waals surface area contributed by atoms with E-state index in [1.54, 1.807) is 4.90 Å². The van der Waals surface area contributed by atoms with Crippen molar-refractivity contribution >= 4 is 17.6 Å². The van der Waals surface area contributed by atoms with Crippen LogP contribution in [0.2, 0.25) is 0 Å². The first-order valence-corrected chi connectivity index (χ1v) is 9.21. The third-order valence-electron chi connectivity index (χ3n) is 5.87. The lowest BCUT2D eigenvalue weighted by Gasteiger charge is -2.48. The largest absolute Gasteiger partial charge is 0.468 e. The van der Waals surface area contributed by atoms with Gasteiger partial charge in [-0.3, -0.25) is 9.59 Å². The Balaban J connectivity index is 1.86. The second kappa shape index (κ2) is 6.60. The number of methoxy groups -OCH3 is 1. The van der Waals surface area contributed by atoms with E-state index in [1.165, 1.54) is 7.11 Å². The Bertz CT molecular complexity index is 832. The molecule has 2 aromatic carbocycles. The monoisotopic (exact) mass is 349 g/mol. The van der Waals surface area contributed by atoms with Crippen molar-refractivity contribution in [3.8, 4) is 0 Å². The molecule has 0 bridgehead atoms. The van der Waals surface area contributed by atoms with Crippen molar-refractivity contribution in [2.45, 2.75) is 38.1 Å². The molecule has 2 atom stereocenters. The fourth-order valence-corrected chi connectivity index (χ4v) is 4.66. The van der Waals surface area contributed by atoms with Gasteiger partial charge < -0.3 is 9.64 Å². The Hall–Kier alpha value is -2.62. The molecular formula is C22H23NO3. The number of hydrogen-bond donors (Lipinski definition) is 0. The van der Waals surface area contributed by atoms with E-state index in [0.29, 0.717) is 13.0 Å². The number of para-hydroxylation sites is 1. The minimum Gasteiger partial charge on any atom is -0.468 e. The van der Waals surface area contributed by atoms with Gasteiger partial charge in [-0.1, -0.05) is 61.4 Å². The molecule has 4 nitrogen and oxygen atoms in total. The topological polar surface area (TPSA) is 46.6 Å². The number of hydrogen-bond acceptors (Lipinski definition) is 3.